The van der Waals surface area contributed by atoms with Gasteiger partial charge >= 0.3 is 12.5 Å². The Bertz CT molecular complexity index is 918. The molecule has 0 bridgehead atoms. The number of nitrogens with zero attached hydrogens (tertiary/aromatic N) is 3. The molecule has 3 rings (SSSR count). The van der Waals surface area contributed by atoms with Crippen LogP contribution in [-0.4, -0.2) is 32.2 Å². The zero-order valence-electron chi connectivity index (χ0n) is 12.6. The van der Waals surface area contributed by atoms with Gasteiger partial charge in [0, 0.05) is 6.20 Å². The van der Waals surface area contributed by atoms with Crippen LogP contribution in [0.15, 0.2) is 42.6 Å². The molecule has 1 atom stereocenters. The first-order chi connectivity index (χ1) is 12.0. The number of aromatic nitrogens is 3. The van der Waals surface area contributed by atoms with Crippen LogP contribution in [-0.2, 0) is 0 Å². The number of aliphatic hydroxyl groups excluding tert-OH is 1. The van der Waals surface area contributed by atoms with E-state index in [9.17, 15) is 31.4 Å². The van der Waals surface area contributed by atoms with Crippen molar-refractivity contribution in [3.05, 3.63) is 48.4 Å². The lowest BCUT2D eigenvalue weighted by molar-refractivity contribution is -0.274. The zero-order valence-corrected chi connectivity index (χ0v) is 12.6. The summed E-state index contributed by atoms with van der Waals surface area (Å²) < 4.78 is 79.3. The monoisotopic (exact) mass is 377 g/mol. The number of alkyl halides is 6. The number of pyridine rings is 1. The molecule has 26 heavy (non-hydrogen) atoms. The summed E-state index contributed by atoms with van der Waals surface area (Å²) in [5.74, 6) is -1.15. The third kappa shape index (κ3) is 3.72. The summed E-state index contributed by atoms with van der Waals surface area (Å²) in [4.78, 5) is 0. The van der Waals surface area contributed by atoms with E-state index in [1.807, 2.05) is 0 Å². The van der Waals surface area contributed by atoms with E-state index in [-0.39, 0.29) is 5.65 Å². The maximum Gasteiger partial charge on any atom is 0.573 e. The molecule has 0 aliphatic carbocycles. The summed E-state index contributed by atoms with van der Waals surface area (Å²) in [5, 5.41) is 16.3. The average Bonchev–Trinajstić information content (AvgIpc) is 2.95. The maximum atomic E-state index is 12.7. The van der Waals surface area contributed by atoms with Gasteiger partial charge in [0.25, 0.3) is 0 Å². The Hall–Kier alpha value is -2.82. The van der Waals surface area contributed by atoms with Gasteiger partial charge in [0.05, 0.1) is 0 Å². The Kier molecular flexibility index (Phi) is 4.26. The number of rotatable bonds is 3. The van der Waals surface area contributed by atoms with Crippen LogP contribution in [0.3, 0.4) is 0 Å². The highest BCUT2D eigenvalue weighted by Crippen LogP contribution is 2.32. The Morgan fingerprint density at radius 1 is 0.885 bits per heavy atom. The van der Waals surface area contributed by atoms with E-state index in [4.69, 9.17) is 0 Å². The number of hydrogen-bond acceptors (Lipinski definition) is 4. The Labute approximate surface area is 141 Å². The fourth-order valence-electron chi connectivity index (χ4n) is 2.26. The first-order valence-electron chi connectivity index (χ1n) is 7.00. The van der Waals surface area contributed by atoms with Crippen molar-refractivity contribution in [3.8, 4) is 16.9 Å². The summed E-state index contributed by atoms with van der Waals surface area (Å²) in [6.45, 7) is 0. The van der Waals surface area contributed by atoms with Crippen molar-refractivity contribution in [2.45, 2.75) is 18.6 Å². The predicted octanol–water partition coefficient (Wildman–Crippen LogP) is 3.89. The Morgan fingerprint density at radius 2 is 1.50 bits per heavy atom. The van der Waals surface area contributed by atoms with Gasteiger partial charge < -0.3 is 9.84 Å². The van der Waals surface area contributed by atoms with E-state index in [1.165, 1.54) is 30.5 Å². The quantitative estimate of drug-likeness (QED) is 0.704. The average molecular weight is 377 g/mol. The van der Waals surface area contributed by atoms with E-state index in [0.717, 1.165) is 16.5 Å². The number of aliphatic hydroxyl groups is 1. The summed E-state index contributed by atoms with van der Waals surface area (Å²) in [6.07, 6.45) is -11.3. The van der Waals surface area contributed by atoms with Crippen LogP contribution in [0.2, 0.25) is 0 Å². The van der Waals surface area contributed by atoms with Crippen LogP contribution in [0.25, 0.3) is 16.8 Å². The SMILES string of the molecule is OC(c1nnc2ccc(-c3ccc(OC(F)(F)F)cc3)cn12)C(F)(F)F. The van der Waals surface area contributed by atoms with Crippen molar-refractivity contribution < 1.29 is 36.2 Å². The minimum absolute atomic E-state index is 0.0732. The molecule has 0 aliphatic heterocycles. The van der Waals surface area contributed by atoms with Gasteiger partial charge in [-0.1, -0.05) is 12.1 Å². The molecule has 0 radical (unpaired) electrons. The van der Waals surface area contributed by atoms with Gasteiger partial charge in [0.15, 0.2) is 11.5 Å². The summed E-state index contributed by atoms with van der Waals surface area (Å²) >= 11 is 0. The van der Waals surface area contributed by atoms with Crippen LogP contribution in [0, 0.1) is 0 Å². The second kappa shape index (κ2) is 6.16. The van der Waals surface area contributed by atoms with Crippen molar-refractivity contribution in [3.63, 3.8) is 0 Å². The van der Waals surface area contributed by atoms with E-state index in [2.05, 4.69) is 14.9 Å². The lowest BCUT2D eigenvalue weighted by Gasteiger charge is -2.13. The third-order valence-corrected chi connectivity index (χ3v) is 3.40. The Morgan fingerprint density at radius 3 is 2.08 bits per heavy atom. The molecular formula is C15H9F6N3O2. The highest BCUT2D eigenvalue weighted by Gasteiger charge is 2.42. The normalized spacial score (nSPS) is 13.8. The molecule has 2 heterocycles. The number of benzene rings is 1. The molecule has 1 N–H and O–H groups in total. The van der Waals surface area contributed by atoms with Crippen LogP contribution in [0.4, 0.5) is 26.3 Å². The van der Waals surface area contributed by atoms with Gasteiger partial charge in [0.1, 0.15) is 5.75 Å². The van der Waals surface area contributed by atoms with Crippen molar-refractivity contribution >= 4 is 5.65 Å². The van der Waals surface area contributed by atoms with Crippen molar-refractivity contribution in [2.75, 3.05) is 0 Å². The largest absolute Gasteiger partial charge is 0.573 e. The highest BCUT2D eigenvalue weighted by molar-refractivity contribution is 5.65. The van der Waals surface area contributed by atoms with Crippen LogP contribution >= 0.6 is 0 Å². The number of ether oxygens (including phenoxy) is 1. The molecule has 0 aliphatic rings. The van der Waals surface area contributed by atoms with E-state index in [1.54, 1.807) is 0 Å². The van der Waals surface area contributed by atoms with Crippen molar-refractivity contribution in [1.82, 2.24) is 14.6 Å². The van der Waals surface area contributed by atoms with Gasteiger partial charge in [-0.05, 0) is 35.4 Å². The topological polar surface area (TPSA) is 59.7 Å². The molecule has 2 aromatic heterocycles. The second-order valence-corrected chi connectivity index (χ2v) is 5.22. The van der Waals surface area contributed by atoms with E-state index >= 15 is 0 Å². The molecule has 0 amide bonds. The molecule has 11 heteroatoms. The van der Waals surface area contributed by atoms with E-state index < -0.39 is 30.2 Å². The number of hydrogen-bond donors (Lipinski definition) is 1. The molecule has 0 fully saturated rings. The molecule has 0 saturated carbocycles. The molecule has 0 spiro atoms. The predicted molar refractivity (Wildman–Crippen MR) is 76.1 cm³/mol. The molecular weight excluding hydrogens is 368 g/mol. The first-order valence-corrected chi connectivity index (χ1v) is 7.00. The fourth-order valence-corrected chi connectivity index (χ4v) is 2.26. The number of fused-ring (bicyclic) bond motifs is 1. The molecule has 5 nitrogen and oxygen atoms in total. The maximum absolute atomic E-state index is 12.7. The minimum Gasteiger partial charge on any atom is -0.406 e. The molecule has 0 saturated heterocycles. The van der Waals surface area contributed by atoms with Gasteiger partial charge in [-0.25, -0.2) is 0 Å². The standard InChI is InChI=1S/C15H9F6N3O2/c16-14(17,18)12(25)13-23-22-11-6-3-9(7-24(11)13)8-1-4-10(5-2-8)26-15(19,20)21/h1-7,12,25H. The summed E-state index contributed by atoms with van der Waals surface area (Å²) in [6, 6.07) is 7.65. The van der Waals surface area contributed by atoms with Gasteiger partial charge in [-0.15, -0.1) is 23.4 Å². The smallest absolute Gasteiger partial charge is 0.406 e. The fraction of sp³-hybridized carbons (Fsp3) is 0.200. The van der Waals surface area contributed by atoms with Gasteiger partial charge in [-0.3, -0.25) is 4.40 Å². The molecule has 138 valence electrons. The lowest BCUT2D eigenvalue weighted by Crippen LogP contribution is -2.22. The molecule has 1 aromatic carbocycles. The third-order valence-electron chi connectivity index (χ3n) is 3.40. The van der Waals surface area contributed by atoms with E-state index in [0.29, 0.717) is 11.1 Å². The van der Waals surface area contributed by atoms with Crippen LogP contribution in [0.1, 0.15) is 11.9 Å². The lowest BCUT2D eigenvalue weighted by atomic mass is 10.1. The summed E-state index contributed by atoms with van der Waals surface area (Å²) in [7, 11) is 0. The Balaban J connectivity index is 1.96. The van der Waals surface area contributed by atoms with Crippen LogP contribution < -0.4 is 4.74 Å². The van der Waals surface area contributed by atoms with Crippen LogP contribution in [0.5, 0.6) is 5.75 Å². The molecule has 3 aromatic rings. The first kappa shape index (κ1) is 18.0. The van der Waals surface area contributed by atoms with Gasteiger partial charge in [0.2, 0.25) is 6.10 Å². The van der Waals surface area contributed by atoms with Crippen molar-refractivity contribution in [2.24, 2.45) is 0 Å². The highest BCUT2D eigenvalue weighted by atomic mass is 19.4. The second-order valence-electron chi connectivity index (χ2n) is 5.22. The van der Waals surface area contributed by atoms with Gasteiger partial charge in [-0.2, -0.15) is 13.2 Å². The summed E-state index contributed by atoms with van der Waals surface area (Å²) in [5.41, 5.74) is 0.873. The molecule has 1 unspecified atom stereocenters. The minimum atomic E-state index is -4.92. The zero-order chi connectivity index (χ0) is 19.1. The van der Waals surface area contributed by atoms with Crippen molar-refractivity contribution in [1.29, 1.82) is 0 Å². The number of halogens is 6.